The molecule has 0 saturated carbocycles. The lowest BCUT2D eigenvalue weighted by Gasteiger charge is -2.31. The minimum absolute atomic E-state index is 0.740. The smallest absolute Gasteiger partial charge is 0.144 e. The van der Waals surface area contributed by atoms with E-state index in [4.69, 9.17) is 15.2 Å². The van der Waals surface area contributed by atoms with Crippen LogP contribution < -0.4 is 15.4 Å². The quantitative estimate of drug-likeness (QED) is 0.560. The maximum Gasteiger partial charge on any atom is 0.144 e. The third kappa shape index (κ3) is 5.39. The Morgan fingerprint density at radius 3 is 2.91 bits per heavy atom. The standard InChI is InChI=1S/C17H29N3O2/c1-19(2)9-12-21-11-5-3-4-8-20-10-13-22-17-14-15(18)6-7-16(17)20/h6-7,14H,3-5,8-13,18H2,1-2H3. The van der Waals surface area contributed by atoms with Crippen LogP contribution in [0.1, 0.15) is 19.3 Å². The van der Waals surface area contributed by atoms with Crippen LogP contribution in [0.25, 0.3) is 0 Å². The zero-order chi connectivity index (χ0) is 15.8. The van der Waals surface area contributed by atoms with Gasteiger partial charge in [0.15, 0.2) is 0 Å². The van der Waals surface area contributed by atoms with Crippen molar-refractivity contribution in [2.75, 3.05) is 64.2 Å². The van der Waals surface area contributed by atoms with Crippen molar-refractivity contribution >= 4 is 11.4 Å². The molecule has 0 aromatic heterocycles. The molecular weight excluding hydrogens is 278 g/mol. The van der Waals surface area contributed by atoms with Crippen molar-refractivity contribution in [1.29, 1.82) is 0 Å². The van der Waals surface area contributed by atoms with Gasteiger partial charge >= 0.3 is 0 Å². The van der Waals surface area contributed by atoms with Crippen LogP contribution in [0.4, 0.5) is 11.4 Å². The molecule has 0 bridgehead atoms. The third-order valence-corrected chi connectivity index (χ3v) is 3.84. The third-order valence-electron chi connectivity index (χ3n) is 3.84. The molecule has 0 atom stereocenters. The fourth-order valence-electron chi connectivity index (χ4n) is 2.56. The van der Waals surface area contributed by atoms with E-state index in [1.54, 1.807) is 0 Å². The maximum atomic E-state index is 5.81. The summed E-state index contributed by atoms with van der Waals surface area (Å²) in [6.07, 6.45) is 3.51. The molecule has 2 rings (SSSR count). The summed E-state index contributed by atoms with van der Waals surface area (Å²) in [6.45, 7) is 5.45. The Hall–Kier alpha value is -1.46. The molecule has 1 aliphatic heterocycles. The highest BCUT2D eigenvalue weighted by Crippen LogP contribution is 2.33. The first-order chi connectivity index (χ1) is 10.7. The van der Waals surface area contributed by atoms with Crippen LogP contribution in [-0.4, -0.2) is 58.5 Å². The van der Waals surface area contributed by atoms with Crippen molar-refractivity contribution in [2.45, 2.75) is 19.3 Å². The second-order valence-corrected chi connectivity index (χ2v) is 6.04. The molecule has 0 unspecified atom stereocenters. The highest BCUT2D eigenvalue weighted by Gasteiger charge is 2.17. The minimum Gasteiger partial charge on any atom is -0.489 e. The fourth-order valence-corrected chi connectivity index (χ4v) is 2.56. The zero-order valence-corrected chi connectivity index (χ0v) is 13.9. The van der Waals surface area contributed by atoms with Gasteiger partial charge in [-0.25, -0.2) is 0 Å². The van der Waals surface area contributed by atoms with Gasteiger partial charge in [-0.15, -0.1) is 0 Å². The number of nitrogen functional groups attached to an aromatic ring is 1. The average molecular weight is 307 g/mol. The van der Waals surface area contributed by atoms with Gasteiger partial charge in [0.2, 0.25) is 0 Å². The predicted octanol–water partition coefficient (Wildman–Crippen LogP) is 2.22. The highest BCUT2D eigenvalue weighted by atomic mass is 16.5. The molecule has 1 aromatic rings. The number of fused-ring (bicyclic) bond motifs is 1. The topological polar surface area (TPSA) is 51.0 Å². The number of hydrogen-bond donors (Lipinski definition) is 1. The molecule has 0 aliphatic carbocycles. The predicted molar refractivity (Wildman–Crippen MR) is 91.8 cm³/mol. The molecule has 1 aromatic carbocycles. The Kier molecular flexibility index (Phi) is 6.80. The number of rotatable bonds is 9. The van der Waals surface area contributed by atoms with Crippen LogP contribution in [0, 0.1) is 0 Å². The van der Waals surface area contributed by atoms with E-state index in [0.717, 1.165) is 57.3 Å². The van der Waals surface area contributed by atoms with Crippen molar-refractivity contribution in [3.05, 3.63) is 18.2 Å². The van der Waals surface area contributed by atoms with Crippen LogP contribution >= 0.6 is 0 Å². The van der Waals surface area contributed by atoms with Gasteiger partial charge in [-0.2, -0.15) is 0 Å². The number of nitrogens with two attached hydrogens (primary N) is 1. The normalized spacial score (nSPS) is 14.0. The number of hydrogen-bond acceptors (Lipinski definition) is 5. The summed E-state index contributed by atoms with van der Waals surface area (Å²) < 4.78 is 11.3. The molecule has 5 nitrogen and oxygen atoms in total. The van der Waals surface area contributed by atoms with Crippen LogP contribution in [0.15, 0.2) is 18.2 Å². The summed E-state index contributed by atoms with van der Waals surface area (Å²) in [5.41, 5.74) is 7.74. The molecule has 0 radical (unpaired) electrons. The van der Waals surface area contributed by atoms with Gasteiger partial charge < -0.3 is 25.0 Å². The van der Waals surface area contributed by atoms with Crippen molar-refractivity contribution in [3.8, 4) is 5.75 Å². The lowest BCUT2D eigenvalue weighted by molar-refractivity contribution is 0.114. The number of ether oxygens (including phenoxy) is 2. The summed E-state index contributed by atoms with van der Waals surface area (Å²) in [5, 5.41) is 0. The molecule has 0 saturated heterocycles. The van der Waals surface area contributed by atoms with E-state index in [0.29, 0.717) is 0 Å². The van der Waals surface area contributed by atoms with E-state index in [2.05, 4.69) is 30.0 Å². The number of likely N-dealkylation sites (N-methyl/N-ethyl adjacent to an activating group) is 1. The van der Waals surface area contributed by atoms with E-state index in [1.165, 1.54) is 18.5 Å². The molecule has 22 heavy (non-hydrogen) atoms. The monoisotopic (exact) mass is 307 g/mol. The molecule has 0 spiro atoms. The van der Waals surface area contributed by atoms with E-state index >= 15 is 0 Å². The summed E-state index contributed by atoms with van der Waals surface area (Å²) in [5.74, 6) is 0.915. The molecule has 2 N–H and O–H groups in total. The van der Waals surface area contributed by atoms with Crippen LogP contribution in [-0.2, 0) is 4.74 Å². The number of anilines is 2. The average Bonchev–Trinajstić information content (AvgIpc) is 2.49. The van der Waals surface area contributed by atoms with Gasteiger partial charge in [-0.05, 0) is 45.5 Å². The molecule has 5 heteroatoms. The lowest BCUT2D eigenvalue weighted by atomic mass is 10.2. The largest absolute Gasteiger partial charge is 0.489 e. The number of unbranched alkanes of at least 4 members (excludes halogenated alkanes) is 2. The lowest BCUT2D eigenvalue weighted by Crippen LogP contribution is -2.33. The van der Waals surface area contributed by atoms with Crippen molar-refractivity contribution in [2.24, 2.45) is 0 Å². The highest BCUT2D eigenvalue weighted by molar-refractivity contribution is 5.64. The Bertz CT molecular complexity index is 452. The first-order valence-electron chi connectivity index (χ1n) is 8.16. The molecule has 1 heterocycles. The Morgan fingerprint density at radius 1 is 1.23 bits per heavy atom. The SMILES string of the molecule is CN(C)CCOCCCCCN1CCOc2cc(N)ccc21. The van der Waals surface area contributed by atoms with Gasteiger partial charge in [0, 0.05) is 31.5 Å². The first-order valence-corrected chi connectivity index (χ1v) is 8.16. The van der Waals surface area contributed by atoms with Gasteiger partial charge in [0.1, 0.15) is 12.4 Å². The van der Waals surface area contributed by atoms with Crippen molar-refractivity contribution < 1.29 is 9.47 Å². The maximum absolute atomic E-state index is 5.81. The second kappa shape index (κ2) is 8.86. The van der Waals surface area contributed by atoms with Gasteiger partial charge in [-0.3, -0.25) is 0 Å². The molecule has 1 aliphatic rings. The van der Waals surface area contributed by atoms with Gasteiger partial charge in [0.25, 0.3) is 0 Å². The molecule has 0 fully saturated rings. The zero-order valence-electron chi connectivity index (χ0n) is 13.9. The summed E-state index contributed by atoms with van der Waals surface area (Å²) in [4.78, 5) is 4.54. The van der Waals surface area contributed by atoms with Crippen LogP contribution in [0.2, 0.25) is 0 Å². The summed E-state index contributed by atoms with van der Waals surface area (Å²) in [7, 11) is 4.13. The Balaban J connectivity index is 1.62. The minimum atomic E-state index is 0.740. The van der Waals surface area contributed by atoms with Crippen molar-refractivity contribution in [1.82, 2.24) is 4.90 Å². The molecular formula is C17H29N3O2. The Morgan fingerprint density at radius 2 is 2.09 bits per heavy atom. The van der Waals surface area contributed by atoms with E-state index < -0.39 is 0 Å². The number of nitrogens with zero attached hydrogens (tertiary/aromatic N) is 2. The summed E-state index contributed by atoms with van der Waals surface area (Å²) in [6, 6.07) is 5.92. The van der Waals surface area contributed by atoms with Gasteiger partial charge in [0.05, 0.1) is 18.8 Å². The van der Waals surface area contributed by atoms with E-state index in [9.17, 15) is 0 Å². The summed E-state index contributed by atoms with van der Waals surface area (Å²) >= 11 is 0. The second-order valence-electron chi connectivity index (χ2n) is 6.04. The Labute approximate surface area is 134 Å². The molecule has 0 amide bonds. The van der Waals surface area contributed by atoms with Crippen LogP contribution in [0.5, 0.6) is 5.75 Å². The number of benzene rings is 1. The van der Waals surface area contributed by atoms with E-state index in [-0.39, 0.29) is 0 Å². The van der Waals surface area contributed by atoms with Crippen LogP contribution in [0.3, 0.4) is 0 Å². The molecule has 124 valence electrons. The van der Waals surface area contributed by atoms with E-state index in [1.807, 2.05) is 12.1 Å². The van der Waals surface area contributed by atoms with Gasteiger partial charge in [-0.1, -0.05) is 0 Å². The van der Waals surface area contributed by atoms with Crippen molar-refractivity contribution in [3.63, 3.8) is 0 Å². The first kappa shape index (κ1) is 16.9. The fraction of sp³-hybridized carbons (Fsp3) is 0.647.